The Morgan fingerprint density at radius 3 is 1.71 bits per heavy atom. The summed E-state index contributed by atoms with van der Waals surface area (Å²) in [4.78, 5) is 34.7. The standard InChI is InChI=1S/C39H70NO8P/c1-3-5-7-9-11-13-15-17-18-20-21-23-25-27-29-31-38(41)45-35-37(36-47-49(43,44)46-34-33-40)48-39(42)32-30-28-26-24-22-19-16-14-12-10-8-6-4-2/h6,8,10,12-16,37H,3-5,7,9,11,17-36,40H2,1-2H3,(H,43,44)/b8-6+,12-10+,15-13+,16-14+. The predicted molar refractivity (Wildman–Crippen MR) is 201 cm³/mol. The van der Waals surface area contributed by atoms with Crippen molar-refractivity contribution in [2.24, 2.45) is 5.73 Å². The second-order valence-electron chi connectivity index (χ2n) is 12.5. The van der Waals surface area contributed by atoms with Crippen molar-refractivity contribution in [3.8, 4) is 0 Å². The van der Waals surface area contributed by atoms with Crippen LogP contribution >= 0.6 is 7.82 Å². The lowest BCUT2D eigenvalue weighted by Gasteiger charge is -2.19. The van der Waals surface area contributed by atoms with E-state index in [-0.39, 0.29) is 32.6 Å². The number of ether oxygens (including phenoxy) is 2. The third-order valence-corrected chi connectivity index (χ3v) is 8.74. The van der Waals surface area contributed by atoms with Crippen molar-refractivity contribution < 1.29 is 37.6 Å². The smallest absolute Gasteiger partial charge is 0.462 e. The van der Waals surface area contributed by atoms with Crippen LogP contribution in [0.2, 0.25) is 0 Å². The van der Waals surface area contributed by atoms with E-state index in [1.165, 1.54) is 51.4 Å². The van der Waals surface area contributed by atoms with Gasteiger partial charge in [0, 0.05) is 19.4 Å². The molecule has 10 heteroatoms. The molecule has 0 spiro atoms. The van der Waals surface area contributed by atoms with E-state index in [2.05, 4.69) is 44.2 Å². The normalized spacial score (nSPS) is 14.0. The number of phosphoric acid groups is 1. The van der Waals surface area contributed by atoms with E-state index < -0.39 is 32.5 Å². The molecule has 3 N–H and O–H groups in total. The van der Waals surface area contributed by atoms with Gasteiger partial charge in [-0.25, -0.2) is 4.57 Å². The molecule has 9 nitrogen and oxygen atoms in total. The Labute approximate surface area is 298 Å². The Morgan fingerprint density at radius 1 is 0.633 bits per heavy atom. The fraction of sp³-hybridized carbons (Fsp3) is 0.744. The maximum atomic E-state index is 12.5. The summed E-state index contributed by atoms with van der Waals surface area (Å²) in [7, 11) is -4.38. The summed E-state index contributed by atoms with van der Waals surface area (Å²) in [5.41, 5.74) is 5.33. The number of allylic oxidation sites excluding steroid dienone is 8. The quantitative estimate of drug-likeness (QED) is 0.0216. The minimum atomic E-state index is -4.38. The molecule has 0 aliphatic heterocycles. The van der Waals surface area contributed by atoms with Gasteiger partial charge in [-0.05, 0) is 57.8 Å². The van der Waals surface area contributed by atoms with Gasteiger partial charge in [-0.2, -0.15) is 0 Å². The molecular formula is C39H70NO8P. The minimum Gasteiger partial charge on any atom is -0.462 e. The third-order valence-electron chi connectivity index (χ3n) is 7.76. The summed E-state index contributed by atoms with van der Waals surface area (Å²) in [6, 6.07) is 0. The largest absolute Gasteiger partial charge is 0.472 e. The molecule has 0 bridgehead atoms. The molecule has 0 aliphatic carbocycles. The number of rotatable bonds is 35. The zero-order valence-electron chi connectivity index (χ0n) is 30.9. The number of esters is 2. The Kier molecular flexibility index (Phi) is 34.3. The van der Waals surface area contributed by atoms with Gasteiger partial charge in [0.1, 0.15) is 6.61 Å². The van der Waals surface area contributed by atoms with E-state index in [0.29, 0.717) is 6.42 Å². The zero-order valence-corrected chi connectivity index (χ0v) is 31.8. The molecule has 284 valence electrons. The van der Waals surface area contributed by atoms with Crippen molar-refractivity contribution in [2.75, 3.05) is 26.4 Å². The van der Waals surface area contributed by atoms with Crippen LogP contribution in [0.15, 0.2) is 48.6 Å². The zero-order chi connectivity index (χ0) is 36.1. The third kappa shape index (κ3) is 35.6. The molecule has 0 radical (unpaired) electrons. The van der Waals surface area contributed by atoms with Crippen LogP contribution in [0.25, 0.3) is 0 Å². The number of carbonyl (C=O) groups is 2. The van der Waals surface area contributed by atoms with E-state index in [4.69, 9.17) is 24.3 Å². The van der Waals surface area contributed by atoms with Crippen LogP contribution in [0, 0.1) is 0 Å². The molecular weight excluding hydrogens is 641 g/mol. The highest BCUT2D eigenvalue weighted by atomic mass is 31.2. The lowest BCUT2D eigenvalue weighted by molar-refractivity contribution is -0.161. The summed E-state index contributed by atoms with van der Waals surface area (Å²) >= 11 is 0. The number of carbonyl (C=O) groups excluding carboxylic acids is 2. The lowest BCUT2D eigenvalue weighted by Crippen LogP contribution is -2.29. The number of phosphoric ester groups is 1. The van der Waals surface area contributed by atoms with Crippen LogP contribution < -0.4 is 5.73 Å². The minimum absolute atomic E-state index is 0.0474. The van der Waals surface area contributed by atoms with Crippen LogP contribution in [-0.2, 0) is 32.7 Å². The molecule has 49 heavy (non-hydrogen) atoms. The fourth-order valence-corrected chi connectivity index (χ4v) is 5.69. The Bertz CT molecular complexity index is 949. The molecule has 0 heterocycles. The molecule has 0 aromatic carbocycles. The van der Waals surface area contributed by atoms with Crippen LogP contribution in [0.1, 0.15) is 155 Å². The van der Waals surface area contributed by atoms with E-state index in [1.54, 1.807) is 0 Å². The van der Waals surface area contributed by atoms with Gasteiger partial charge in [-0.1, -0.05) is 133 Å². The molecule has 0 rings (SSSR count). The summed E-state index contributed by atoms with van der Waals surface area (Å²) in [5.74, 6) is -0.862. The average Bonchev–Trinajstić information content (AvgIpc) is 3.08. The highest BCUT2D eigenvalue weighted by Crippen LogP contribution is 2.43. The van der Waals surface area contributed by atoms with Crippen molar-refractivity contribution >= 4 is 19.8 Å². The monoisotopic (exact) mass is 711 g/mol. The molecule has 0 aliphatic rings. The van der Waals surface area contributed by atoms with Crippen LogP contribution in [0.3, 0.4) is 0 Å². The van der Waals surface area contributed by atoms with E-state index in [1.807, 2.05) is 18.2 Å². The van der Waals surface area contributed by atoms with Gasteiger partial charge < -0.3 is 20.1 Å². The molecule has 0 saturated carbocycles. The van der Waals surface area contributed by atoms with Gasteiger partial charge in [0.15, 0.2) is 6.10 Å². The average molecular weight is 712 g/mol. The van der Waals surface area contributed by atoms with Gasteiger partial charge in [-0.3, -0.25) is 18.6 Å². The Hall–Kier alpha value is -2.03. The SMILES string of the molecule is CC/C=C/C=C/C=C/CCCCCCCC(=O)OC(COC(=O)CCCCCCCCC/C=C/CCCCCC)COP(=O)(O)OCCN. The fourth-order valence-electron chi connectivity index (χ4n) is 4.92. The molecule has 0 fully saturated rings. The Balaban J connectivity index is 4.25. The van der Waals surface area contributed by atoms with Gasteiger partial charge >= 0.3 is 19.8 Å². The highest BCUT2D eigenvalue weighted by molar-refractivity contribution is 7.47. The maximum absolute atomic E-state index is 12.5. The summed E-state index contributed by atoms with van der Waals surface area (Å²) < 4.78 is 32.6. The molecule has 0 aromatic rings. The van der Waals surface area contributed by atoms with Gasteiger partial charge in [-0.15, -0.1) is 0 Å². The number of unbranched alkanes of at least 4 members (excludes halogenated alkanes) is 16. The van der Waals surface area contributed by atoms with Gasteiger partial charge in [0.05, 0.1) is 13.2 Å². The first kappa shape index (κ1) is 47.0. The second kappa shape index (κ2) is 35.8. The van der Waals surface area contributed by atoms with Gasteiger partial charge in [0.25, 0.3) is 0 Å². The first-order valence-electron chi connectivity index (χ1n) is 19.1. The lowest BCUT2D eigenvalue weighted by atomic mass is 10.1. The summed E-state index contributed by atoms with van der Waals surface area (Å²) in [5, 5.41) is 0. The number of nitrogens with two attached hydrogens (primary N) is 1. The first-order valence-corrected chi connectivity index (χ1v) is 20.6. The van der Waals surface area contributed by atoms with Gasteiger partial charge in [0.2, 0.25) is 0 Å². The number of hydrogen-bond donors (Lipinski definition) is 2. The molecule has 0 amide bonds. The topological polar surface area (TPSA) is 134 Å². The summed E-state index contributed by atoms with van der Waals surface area (Å²) in [6.45, 7) is 3.53. The highest BCUT2D eigenvalue weighted by Gasteiger charge is 2.25. The predicted octanol–water partition coefficient (Wildman–Crippen LogP) is 10.4. The second-order valence-corrected chi connectivity index (χ2v) is 13.9. The van der Waals surface area contributed by atoms with Crippen LogP contribution in [0.5, 0.6) is 0 Å². The van der Waals surface area contributed by atoms with E-state index in [0.717, 1.165) is 70.6 Å². The Morgan fingerprint density at radius 2 is 1.14 bits per heavy atom. The van der Waals surface area contributed by atoms with Crippen molar-refractivity contribution in [1.82, 2.24) is 0 Å². The molecule has 0 aromatic heterocycles. The molecule has 2 atom stereocenters. The van der Waals surface area contributed by atoms with Crippen molar-refractivity contribution in [2.45, 2.75) is 161 Å². The van der Waals surface area contributed by atoms with Crippen molar-refractivity contribution in [1.29, 1.82) is 0 Å². The van der Waals surface area contributed by atoms with E-state index in [9.17, 15) is 19.0 Å². The first-order chi connectivity index (χ1) is 23.8. The van der Waals surface area contributed by atoms with Crippen molar-refractivity contribution in [3.05, 3.63) is 48.6 Å². The van der Waals surface area contributed by atoms with E-state index >= 15 is 0 Å². The number of hydrogen-bond acceptors (Lipinski definition) is 8. The van der Waals surface area contributed by atoms with Crippen LogP contribution in [-0.4, -0.2) is 49.3 Å². The molecule has 0 saturated heterocycles. The summed E-state index contributed by atoms with van der Waals surface area (Å²) in [6.07, 6.45) is 38.5. The maximum Gasteiger partial charge on any atom is 0.472 e. The van der Waals surface area contributed by atoms with Crippen LogP contribution in [0.4, 0.5) is 0 Å². The van der Waals surface area contributed by atoms with Crippen molar-refractivity contribution in [3.63, 3.8) is 0 Å². The molecule has 2 unspecified atom stereocenters.